The summed E-state index contributed by atoms with van der Waals surface area (Å²) in [6, 6.07) is 14.1. The standard InChI is InChI=1S/C25H22N4O2/c1-3-18(10-11-26)5-4-17(2)29-25-21-14-19(6-8-22(21)27-16-28-25)20-7-9-23-24(15-20)31-13-12-30-23/h3-9,14-16H,10,12-13H2,1-2H3/b5-4-,18-3?,29-17?. The van der Waals surface area contributed by atoms with Gasteiger partial charge in [-0.2, -0.15) is 5.26 Å². The molecule has 0 unspecified atom stereocenters. The molecule has 6 nitrogen and oxygen atoms in total. The maximum absolute atomic E-state index is 8.89. The molecule has 4 rings (SSSR count). The van der Waals surface area contributed by atoms with Crippen LogP contribution in [0.25, 0.3) is 22.0 Å². The van der Waals surface area contributed by atoms with Gasteiger partial charge in [0.1, 0.15) is 19.5 Å². The number of ether oxygens (including phenoxy) is 2. The highest BCUT2D eigenvalue weighted by atomic mass is 16.6. The number of nitrogens with zero attached hydrogens (tertiary/aromatic N) is 4. The average molecular weight is 410 g/mol. The van der Waals surface area contributed by atoms with Crippen LogP contribution in [-0.4, -0.2) is 28.9 Å². The third-order valence-corrected chi connectivity index (χ3v) is 4.96. The minimum atomic E-state index is 0.371. The molecule has 154 valence electrons. The maximum atomic E-state index is 8.89. The number of nitriles is 1. The Bertz CT molecular complexity index is 1250. The van der Waals surface area contributed by atoms with E-state index in [2.05, 4.69) is 21.0 Å². The minimum absolute atomic E-state index is 0.371. The number of fused-ring (bicyclic) bond motifs is 2. The molecule has 31 heavy (non-hydrogen) atoms. The first kappa shape index (κ1) is 20.3. The van der Waals surface area contributed by atoms with E-state index in [1.54, 1.807) is 0 Å². The molecule has 1 aliphatic rings. The lowest BCUT2D eigenvalue weighted by Gasteiger charge is -2.19. The van der Waals surface area contributed by atoms with Crippen LogP contribution in [0.3, 0.4) is 0 Å². The molecule has 0 saturated carbocycles. The highest BCUT2D eigenvalue weighted by molar-refractivity contribution is 5.99. The van der Waals surface area contributed by atoms with Gasteiger partial charge < -0.3 is 9.47 Å². The molecule has 0 saturated heterocycles. The van der Waals surface area contributed by atoms with Gasteiger partial charge in [0.2, 0.25) is 0 Å². The fourth-order valence-corrected chi connectivity index (χ4v) is 3.32. The Balaban J connectivity index is 1.69. The summed E-state index contributed by atoms with van der Waals surface area (Å²) < 4.78 is 11.3. The van der Waals surface area contributed by atoms with E-state index in [9.17, 15) is 0 Å². The Morgan fingerprint density at radius 3 is 2.65 bits per heavy atom. The first-order valence-corrected chi connectivity index (χ1v) is 10.1. The van der Waals surface area contributed by atoms with Crippen LogP contribution in [0, 0.1) is 11.3 Å². The van der Waals surface area contributed by atoms with Gasteiger partial charge in [-0.3, -0.25) is 0 Å². The van der Waals surface area contributed by atoms with Crippen LogP contribution in [0.5, 0.6) is 11.5 Å². The second kappa shape index (κ2) is 9.23. The van der Waals surface area contributed by atoms with Crippen molar-refractivity contribution < 1.29 is 9.47 Å². The van der Waals surface area contributed by atoms with Crippen molar-refractivity contribution in [2.45, 2.75) is 20.3 Å². The van der Waals surface area contributed by atoms with E-state index in [4.69, 9.17) is 14.7 Å². The topological polar surface area (TPSA) is 80.4 Å². The zero-order valence-electron chi connectivity index (χ0n) is 17.5. The fraction of sp³-hybridized carbons (Fsp3) is 0.200. The van der Waals surface area contributed by atoms with Crippen LogP contribution in [0.4, 0.5) is 5.82 Å². The Morgan fingerprint density at radius 1 is 1.06 bits per heavy atom. The van der Waals surface area contributed by atoms with Gasteiger partial charge in [-0.1, -0.05) is 24.3 Å². The van der Waals surface area contributed by atoms with E-state index in [1.807, 2.05) is 68.5 Å². The second-order valence-electron chi connectivity index (χ2n) is 7.07. The molecular weight excluding hydrogens is 388 g/mol. The number of benzene rings is 2. The molecule has 1 aliphatic heterocycles. The van der Waals surface area contributed by atoms with Crippen molar-refractivity contribution in [1.29, 1.82) is 5.26 Å². The Labute approximate surface area is 181 Å². The molecule has 0 aliphatic carbocycles. The van der Waals surface area contributed by atoms with Gasteiger partial charge in [0, 0.05) is 11.1 Å². The third kappa shape index (κ3) is 4.62. The lowest BCUT2D eigenvalue weighted by atomic mass is 10.0. The predicted molar refractivity (Wildman–Crippen MR) is 122 cm³/mol. The van der Waals surface area contributed by atoms with Crippen LogP contribution >= 0.6 is 0 Å². The lowest BCUT2D eigenvalue weighted by Crippen LogP contribution is -2.15. The fourth-order valence-electron chi connectivity index (χ4n) is 3.32. The van der Waals surface area contributed by atoms with Gasteiger partial charge in [0.05, 0.1) is 18.0 Å². The Hall–Kier alpha value is -3.98. The molecule has 0 amide bonds. The molecule has 2 heterocycles. The van der Waals surface area contributed by atoms with Crippen LogP contribution in [0.2, 0.25) is 0 Å². The monoisotopic (exact) mass is 410 g/mol. The molecule has 1 aromatic heterocycles. The number of rotatable bonds is 5. The highest BCUT2D eigenvalue weighted by Gasteiger charge is 2.13. The number of allylic oxidation sites excluding steroid dienone is 4. The first-order valence-electron chi connectivity index (χ1n) is 10.1. The molecule has 0 fully saturated rings. The Kier molecular flexibility index (Phi) is 6.04. The summed E-state index contributed by atoms with van der Waals surface area (Å²) in [6.07, 6.45) is 7.62. The van der Waals surface area contributed by atoms with Crippen LogP contribution in [0.15, 0.2) is 71.5 Å². The lowest BCUT2D eigenvalue weighted by molar-refractivity contribution is 0.171. The molecule has 3 aromatic rings. The van der Waals surface area contributed by atoms with Crippen molar-refractivity contribution in [3.63, 3.8) is 0 Å². The van der Waals surface area contributed by atoms with Crippen molar-refractivity contribution in [3.05, 3.63) is 66.5 Å². The summed E-state index contributed by atoms with van der Waals surface area (Å²) in [5.41, 5.74) is 4.61. The number of aliphatic imine (C=N–C) groups is 1. The normalized spacial score (nSPS) is 14.1. The smallest absolute Gasteiger partial charge is 0.163 e. The highest BCUT2D eigenvalue weighted by Crippen LogP contribution is 2.36. The van der Waals surface area contributed by atoms with Gasteiger partial charge in [-0.25, -0.2) is 15.0 Å². The molecular formula is C25H22N4O2. The molecule has 6 heteroatoms. The predicted octanol–water partition coefficient (Wildman–Crippen LogP) is 5.58. The summed E-state index contributed by atoms with van der Waals surface area (Å²) in [6.45, 7) is 4.95. The van der Waals surface area contributed by atoms with E-state index >= 15 is 0 Å². The summed E-state index contributed by atoms with van der Waals surface area (Å²) in [5, 5.41) is 9.75. The maximum Gasteiger partial charge on any atom is 0.163 e. The summed E-state index contributed by atoms with van der Waals surface area (Å²) >= 11 is 0. The molecule has 0 spiro atoms. The van der Waals surface area contributed by atoms with E-state index in [-0.39, 0.29) is 0 Å². The van der Waals surface area contributed by atoms with Gasteiger partial charge in [-0.15, -0.1) is 0 Å². The van der Waals surface area contributed by atoms with E-state index in [0.717, 1.165) is 44.8 Å². The molecule has 0 atom stereocenters. The second-order valence-corrected chi connectivity index (χ2v) is 7.07. The number of hydrogen-bond donors (Lipinski definition) is 0. The van der Waals surface area contributed by atoms with Crippen molar-refractivity contribution in [1.82, 2.24) is 9.97 Å². The van der Waals surface area contributed by atoms with Crippen molar-refractivity contribution in [2.75, 3.05) is 13.2 Å². The Morgan fingerprint density at radius 2 is 1.84 bits per heavy atom. The van der Waals surface area contributed by atoms with Crippen molar-refractivity contribution >= 4 is 22.4 Å². The van der Waals surface area contributed by atoms with Gasteiger partial charge in [0.25, 0.3) is 0 Å². The minimum Gasteiger partial charge on any atom is -0.486 e. The zero-order valence-corrected chi connectivity index (χ0v) is 17.5. The summed E-state index contributed by atoms with van der Waals surface area (Å²) in [4.78, 5) is 13.5. The summed E-state index contributed by atoms with van der Waals surface area (Å²) in [5.74, 6) is 2.13. The molecule has 0 N–H and O–H groups in total. The van der Waals surface area contributed by atoms with E-state index < -0.39 is 0 Å². The van der Waals surface area contributed by atoms with Crippen LogP contribution < -0.4 is 9.47 Å². The molecule has 2 aromatic carbocycles. The van der Waals surface area contributed by atoms with Gasteiger partial charge in [0.15, 0.2) is 17.3 Å². The zero-order chi connectivity index (χ0) is 21.6. The number of hydrogen-bond acceptors (Lipinski definition) is 6. The van der Waals surface area contributed by atoms with Crippen LogP contribution in [0.1, 0.15) is 20.3 Å². The third-order valence-electron chi connectivity index (χ3n) is 4.96. The van der Waals surface area contributed by atoms with E-state index in [0.29, 0.717) is 25.5 Å². The quantitative estimate of drug-likeness (QED) is 0.405. The van der Waals surface area contributed by atoms with Crippen LogP contribution in [-0.2, 0) is 0 Å². The van der Waals surface area contributed by atoms with Crippen molar-refractivity contribution in [3.8, 4) is 28.7 Å². The molecule has 0 bridgehead atoms. The average Bonchev–Trinajstić information content (AvgIpc) is 2.81. The van der Waals surface area contributed by atoms with Gasteiger partial charge in [-0.05, 0) is 60.9 Å². The largest absolute Gasteiger partial charge is 0.486 e. The first-order chi connectivity index (χ1) is 15.2. The number of aromatic nitrogens is 2. The molecule has 0 radical (unpaired) electrons. The van der Waals surface area contributed by atoms with Gasteiger partial charge >= 0.3 is 0 Å². The SMILES string of the molecule is CC=C(/C=C\C(C)=Nc1ncnc2ccc(-c3ccc4c(c3)OCCO4)cc12)CC#N. The summed E-state index contributed by atoms with van der Waals surface area (Å²) in [7, 11) is 0. The van der Waals surface area contributed by atoms with Crippen molar-refractivity contribution in [2.24, 2.45) is 4.99 Å². The van der Waals surface area contributed by atoms with E-state index in [1.165, 1.54) is 6.33 Å².